The van der Waals surface area contributed by atoms with Gasteiger partial charge in [0, 0.05) is 6.54 Å². The van der Waals surface area contributed by atoms with Crippen molar-refractivity contribution in [1.82, 2.24) is 5.32 Å². The summed E-state index contributed by atoms with van der Waals surface area (Å²) in [6, 6.07) is 7.08. The Morgan fingerprint density at radius 3 is 2.64 bits per heavy atom. The van der Waals surface area contributed by atoms with Gasteiger partial charge in [0.05, 0.1) is 5.56 Å². The van der Waals surface area contributed by atoms with Crippen molar-refractivity contribution in [1.29, 1.82) is 0 Å². The number of carbonyl (C=O) groups is 2. The minimum atomic E-state index is -0.467. The summed E-state index contributed by atoms with van der Waals surface area (Å²) in [6.07, 6.45) is 7.96. The van der Waals surface area contributed by atoms with E-state index in [1.165, 1.54) is 18.4 Å². The van der Waals surface area contributed by atoms with Crippen molar-refractivity contribution in [3.05, 3.63) is 47.0 Å². The molecule has 118 valence electrons. The molecule has 1 N–H and O–H groups in total. The number of amides is 1. The van der Waals surface area contributed by atoms with Gasteiger partial charge in [-0.2, -0.15) is 0 Å². The summed E-state index contributed by atoms with van der Waals surface area (Å²) in [5, 5.41) is 2.79. The molecule has 0 heterocycles. The summed E-state index contributed by atoms with van der Waals surface area (Å²) >= 11 is 0. The van der Waals surface area contributed by atoms with Crippen molar-refractivity contribution in [3.8, 4) is 0 Å². The van der Waals surface area contributed by atoms with E-state index in [1.54, 1.807) is 12.1 Å². The van der Waals surface area contributed by atoms with Crippen LogP contribution in [0.15, 0.2) is 35.9 Å². The van der Waals surface area contributed by atoms with Crippen LogP contribution in [0.1, 0.15) is 48.0 Å². The Kier molecular flexibility index (Phi) is 6.19. The first-order valence-electron chi connectivity index (χ1n) is 7.83. The number of ether oxygens (including phenoxy) is 1. The Morgan fingerprint density at radius 1 is 1.18 bits per heavy atom. The molecule has 1 aromatic carbocycles. The first kappa shape index (κ1) is 16.3. The summed E-state index contributed by atoms with van der Waals surface area (Å²) in [5.74, 6) is -0.720. The Morgan fingerprint density at radius 2 is 1.95 bits per heavy atom. The lowest BCUT2D eigenvalue weighted by molar-refractivity contribution is -0.124. The Labute approximate surface area is 131 Å². The van der Waals surface area contributed by atoms with E-state index in [0.717, 1.165) is 24.8 Å². The molecule has 0 aromatic heterocycles. The van der Waals surface area contributed by atoms with Gasteiger partial charge in [-0.3, -0.25) is 4.79 Å². The third kappa shape index (κ3) is 5.35. The van der Waals surface area contributed by atoms with Gasteiger partial charge in [-0.25, -0.2) is 4.79 Å². The number of hydrogen-bond donors (Lipinski definition) is 1. The van der Waals surface area contributed by atoms with Gasteiger partial charge in [-0.05, 0) is 51.2 Å². The highest BCUT2D eigenvalue weighted by molar-refractivity contribution is 5.91. The average molecular weight is 301 g/mol. The average Bonchev–Trinajstić information content (AvgIpc) is 2.54. The van der Waals surface area contributed by atoms with Crippen LogP contribution in [0, 0.1) is 6.92 Å². The molecule has 0 saturated carbocycles. The fourth-order valence-corrected chi connectivity index (χ4v) is 2.45. The largest absolute Gasteiger partial charge is 0.452 e. The molecule has 0 saturated heterocycles. The van der Waals surface area contributed by atoms with Gasteiger partial charge in [-0.15, -0.1) is 0 Å². The number of nitrogens with one attached hydrogen (secondary N) is 1. The molecule has 0 bridgehead atoms. The lowest BCUT2D eigenvalue weighted by Crippen LogP contribution is -2.29. The van der Waals surface area contributed by atoms with Gasteiger partial charge in [0.2, 0.25) is 0 Å². The molecule has 0 spiro atoms. The molecule has 22 heavy (non-hydrogen) atoms. The minimum absolute atomic E-state index is 0.230. The molecule has 1 aliphatic rings. The van der Waals surface area contributed by atoms with Crippen LogP contribution < -0.4 is 5.32 Å². The zero-order valence-electron chi connectivity index (χ0n) is 13.1. The molecule has 0 radical (unpaired) electrons. The van der Waals surface area contributed by atoms with E-state index in [4.69, 9.17) is 4.74 Å². The predicted molar refractivity (Wildman–Crippen MR) is 85.6 cm³/mol. The maximum Gasteiger partial charge on any atom is 0.338 e. The van der Waals surface area contributed by atoms with Crippen molar-refractivity contribution in [2.75, 3.05) is 13.2 Å². The summed E-state index contributed by atoms with van der Waals surface area (Å²) in [4.78, 5) is 23.4. The van der Waals surface area contributed by atoms with Crippen LogP contribution in [0.25, 0.3) is 0 Å². The second kappa shape index (κ2) is 8.37. The second-order valence-electron chi connectivity index (χ2n) is 5.65. The maximum atomic E-state index is 11.8. The molecule has 4 heteroatoms. The number of benzene rings is 1. The van der Waals surface area contributed by atoms with Crippen LogP contribution in [-0.4, -0.2) is 25.0 Å². The van der Waals surface area contributed by atoms with Gasteiger partial charge in [-0.1, -0.05) is 29.3 Å². The van der Waals surface area contributed by atoms with Crippen LogP contribution in [-0.2, 0) is 9.53 Å². The highest BCUT2D eigenvalue weighted by Gasteiger charge is 2.10. The molecule has 1 aliphatic carbocycles. The van der Waals surface area contributed by atoms with Crippen LogP contribution in [0.3, 0.4) is 0 Å². The zero-order chi connectivity index (χ0) is 15.8. The van der Waals surface area contributed by atoms with Crippen LogP contribution >= 0.6 is 0 Å². The van der Waals surface area contributed by atoms with Gasteiger partial charge in [0.25, 0.3) is 5.91 Å². The highest BCUT2D eigenvalue weighted by Crippen LogP contribution is 2.19. The molecule has 0 atom stereocenters. The van der Waals surface area contributed by atoms with E-state index in [-0.39, 0.29) is 12.5 Å². The Balaban J connectivity index is 1.65. The molecule has 4 nitrogen and oxygen atoms in total. The predicted octanol–water partition coefficient (Wildman–Crippen LogP) is 3.16. The lowest BCUT2D eigenvalue weighted by atomic mass is 9.97. The topological polar surface area (TPSA) is 55.4 Å². The molecule has 2 rings (SSSR count). The standard InChI is InChI=1S/C18H23NO3/c1-14-7-9-16(10-8-14)18(21)22-13-17(20)19-12-11-15-5-3-2-4-6-15/h5,7-10H,2-4,6,11-13H2,1H3,(H,19,20). The van der Waals surface area contributed by atoms with E-state index in [9.17, 15) is 9.59 Å². The van der Waals surface area contributed by atoms with Crippen LogP contribution in [0.4, 0.5) is 0 Å². The molecular formula is C18H23NO3. The first-order chi connectivity index (χ1) is 10.6. The van der Waals surface area contributed by atoms with Crippen molar-refractivity contribution < 1.29 is 14.3 Å². The van der Waals surface area contributed by atoms with Gasteiger partial charge in [0.1, 0.15) is 0 Å². The number of hydrogen-bond acceptors (Lipinski definition) is 3. The Hall–Kier alpha value is -2.10. The number of rotatable bonds is 6. The first-order valence-corrected chi connectivity index (χ1v) is 7.83. The third-order valence-electron chi connectivity index (χ3n) is 3.77. The van der Waals surface area contributed by atoms with Crippen molar-refractivity contribution in [2.45, 2.75) is 39.0 Å². The van der Waals surface area contributed by atoms with Crippen LogP contribution in [0.2, 0.25) is 0 Å². The molecule has 1 amide bonds. The summed E-state index contributed by atoms with van der Waals surface area (Å²) in [7, 11) is 0. The minimum Gasteiger partial charge on any atom is -0.452 e. The Bertz CT molecular complexity index is 546. The number of aryl methyl sites for hydroxylation is 1. The third-order valence-corrected chi connectivity index (χ3v) is 3.77. The van der Waals surface area contributed by atoms with E-state index in [1.807, 2.05) is 19.1 Å². The lowest BCUT2D eigenvalue weighted by Gasteiger charge is -2.13. The van der Waals surface area contributed by atoms with E-state index in [0.29, 0.717) is 12.1 Å². The molecule has 0 aliphatic heterocycles. The number of esters is 1. The van der Waals surface area contributed by atoms with E-state index < -0.39 is 5.97 Å². The zero-order valence-corrected chi connectivity index (χ0v) is 13.1. The monoisotopic (exact) mass is 301 g/mol. The van der Waals surface area contributed by atoms with Crippen molar-refractivity contribution in [2.24, 2.45) is 0 Å². The second-order valence-corrected chi connectivity index (χ2v) is 5.65. The molecular weight excluding hydrogens is 278 g/mol. The normalized spacial score (nSPS) is 14.1. The fourth-order valence-electron chi connectivity index (χ4n) is 2.45. The van der Waals surface area contributed by atoms with Gasteiger partial charge in [0.15, 0.2) is 6.61 Å². The smallest absolute Gasteiger partial charge is 0.338 e. The number of allylic oxidation sites excluding steroid dienone is 1. The summed E-state index contributed by atoms with van der Waals surface area (Å²) in [6.45, 7) is 2.32. The maximum absolute atomic E-state index is 11.8. The van der Waals surface area contributed by atoms with Crippen molar-refractivity contribution in [3.63, 3.8) is 0 Å². The quantitative estimate of drug-likeness (QED) is 0.648. The summed E-state index contributed by atoms with van der Waals surface area (Å²) < 4.78 is 5.01. The van der Waals surface area contributed by atoms with Gasteiger partial charge < -0.3 is 10.1 Å². The summed E-state index contributed by atoms with van der Waals surface area (Å²) in [5.41, 5.74) is 2.96. The highest BCUT2D eigenvalue weighted by atomic mass is 16.5. The van der Waals surface area contributed by atoms with Crippen LogP contribution in [0.5, 0.6) is 0 Å². The molecule has 1 aromatic rings. The fraction of sp³-hybridized carbons (Fsp3) is 0.444. The molecule has 0 fully saturated rings. The number of carbonyl (C=O) groups excluding carboxylic acids is 2. The van der Waals surface area contributed by atoms with Gasteiger partial charge >= 0.3 is 5.97 Å². The van der Waals surface area contributed by atoms with E-state index >= 15 is 0 Å². The van der Waals surface area contributed by atoms with Crippen molar-refractivity contribution >= 4 is 11.9 Å². The van der Waals surface area contributed by atoms with E-state index in [2.05, 4.69) is 11.4 Å². The molecule has 0 unspecified atom stereocenters. The SMILES string of the molecule is Cc1ccc(C(=O)OCC(=O)NCCC2=CCCCC2)cc1.